The van der Waals surface area contributed by atoms with Gasteiger partial charge in [0.05, 0.1) is 5.69 Å². The van der Waals surface area contributed by atoms with Crippen molar-refractivity contribution in [2.24, 2.45) is 0 Å². The summed E-state index contributed by atoms with van der Waals surface area (Å²) >= 11 is 5.69. The standard InChI is InChI=1S/C13H14ClFN2O2/c1-3-10-13(19)17(7(2)12(18)16-10)11-5-4-8(14)6-9(11)15/h4-7,10H,3H2,1-2H3,(H,16,18). The number of carbonyl (C=O) groups is 2. The topological polar surface area (TPSA) is 49.4 Å². The van der Waals surface area contributed by atoms with Crippen LogP contribution in [-0.4, -0.2) is 23.9 Å². The summed E-state index contributed by atoms with van der Waals surface area (Å²) < 4.78 is 13.9. The van der Waals surface area contributed by atoms with E-state index in [9.17, 15) is 14.0 Å². The molecule has 0 aliphatic carbocycles. The normalized spacial score (nSPS) is 23.5. The van der Waals surface area contributed by atoms with Crippen molar-refractivity contribution in [3.63, 3.8) is 0 Å². The molecule has 0 spiro atoms. The van der Waals surface area contributed by atoms with Gasteiger partial charge < -0.3 is 5.32 Å². The molecule has 2 amide bonds. The van der Waals surface area contributed by atoms with E-state index in [4.69, 9.17) is 11.6 Å². The van der Waals surface area contributed by atoms with Crippen LogP contribution in [0.25, 0.3) is 0 Å². The van der Waals surface area contributed by atoms with Gasteiger partial charge in [-0.25, -0.2) is 4.39 Å². The molecule has 4 nitrogen and oxygen atoms in total. The third kappa shape index (κ3) is 2.42. The highest BCUT2D eigenvalue weighted by molar-refractivity contribution is 6.30. The molecular formula is C13H14ClFN2O2. The van der Waals surface area contributed by atoms with E-state index in [-0.39, 0.29) is 22.5 Å². The van der Waals surface area contributed by atoms with Gasteiger partial charge in [0.15, 0.2) is 0 Å². The molecule has 19 heavy (non-hydrogen) atoms. The number of amides is 2. The van der Waals surface area contributed by atoms with Gasteiger partial charge in [0.1, 0.15) is 17.9 Å². The average molecular weight is 285 g/mol. The average Bonchev–Trinajstić information content (AvgIpc) is 2.36. The van der Waals surface area contributed by atoms with Crippen molar-refractivity contribution in [1.29, 1.82) is 0 Å². The highest BCUT2D eigenvalue weighted by Gasteiger charge is 2.39. The van der Waals surface area contributed by atoms with Gasteiger partial charge in [0.25, 0.3) is 0 Å². The first-order chi connectivity index (χ1) is 8.95. The number of hydrogen-bond acceptors (Lipinski definition) is 2. The Hall–Kier alpha value is -1.62. The molecular weight excluding hydrogens is 271 g/mol. The predicted octanol–water partition coefficient (Wildman–Crippen LogP) is 2.11. The molecule has 1 saturated heterocycles. The zero-order valence-corrected chi connectivity index (χ0v) is 11.4. The van der Waals surface area contributed by atoms with Crippen LogP contribution in [0.5, 0.6) is 0 Å². The number of anilines is 1. The first-order valence-electron chi connectivity index (χ1n) is 6.04. The van der Waals surface area contributed by atoms with Gasteiger partial charge in [-0.1, -0.05) is 18.5 Å². The molecule has 1 fully saturated rings. The lowest BCUT2D eigenvalue weighted by Gasteiger charge is -2.37. The molecule has 1 aliphatic rings. The Kier molecular flexibility index (Phi) is 3.75. The van der Waals surface area contributed by atoms with Crippen molar-refractivity contribution in [1.82, 2.24) is 5.32 Å². The first-order valence-corrected chi connectivity index (χ1v) is 6.42. The maximum atomic E-state index is 13.9. The van der Waals surface area contributed by atoms with Gasteiger partial charge in [-0.05, 0) is 31.5 Å². The van der Waals surface area contributed by atoms with Gasteiger partial charge >= 0.3 is 0 Å². The van der Waals surface area contributed by atoms with Gasteiger partial charge in [-0.3, -0.25) is 14.5 Å². The fourth-order valence-corrected chi connectivity index (χ4v) is 2.27. The maximum Gasteiger partial charge on any atom is 0.250 e. The Bertz CT molecular complexity index is 535. The van der Waals surface area contributed by atoms with Crippen molar-refractivity contribution in [3.8, 4) is 0 Å². The molecule has 1 aromatic rings. The van der Waals surface area contributed by atoms with E-state index in [2.05, 4.69) is 5.32 Å². The van der Waals surface area contributed by atoms with E-state index in [0.717, 1.165) is 6.07 Å². The first kappa shape index (κ1) is 13.8. The Morgan fingerprint density at radius 3 is 2.68 bits per heavy atom. The molecule has 1 heterocycles. The van der Waals surface area contributed by atoms with E-state index < -0.39 is 17.9 Å². The molecule has 0 radical (unpaired) electrons. The minimum Gasteiger partial charge on any atom is -0.343 e. The minimum atomic E-state index is -0.744. The van der Waals surface area contributed by atoms with Crippen LogP contribution < -0.4 is 10.2 Å². The summed E-state index contributed by atoms with van der Waals surface area (Å²) in [6, 6.07) is 2.68. The van der Waals surface area contributed by atoms with E-state index in [0.29, 0.717) is 6.42 Å². The van der Waals surface area contributed by atoms with Gasteiger partial charge in [-0.15, -0.1) is 0 Å². The highest BCUT2D eigenvalue weighted by atomic mass is 35.5. The van der Waals surface area contributed by atoms with Crippen LogP contribution in [-0.2, 0) is 9.59 Å². The fraction of sp³-hybridized carbons (Fsp3) is 0.385. The van der Waals surface area contributed by atoms with Gasteiger partial charge in [-0.2, -0.15) is 0 Å². The molecule has 2 rings (SSSR count). The molecule has 0 saturated carbocycles. The number of nitrogens with zero attached hydrogens (tertiary/aromatic N) is 1. The van der Waals surface area contributed by atoms with Crippen LogP contribution in [0.1, 0.15) is 20.3 Å². The molecule has 6 heteroatoms. The van der Waals surface area contributed by atoms with Crippen LogP contribution in [0.3, 0.4) is 0 Å². The van der Waals surface area contributed by atoms with E-state index in [1.165, 1.54) is 17.0 Å². The Balaban J connectivity index is 2.45. The smallest absolute Gasteiger partial charge is 0.250 e. The molecule has 2 unspecified atom stereocenters. The second-order valence-corrected chi connectivity index (χ2v) is 4.89. The molecule has 1 aromatic carbocycles. The maximum absolute atomic E-state index is 13.9. The molecule has 2 atom stereocenters. The molecule has 0 aromatic heterocycles. The summed E-state index contributed by atoms with van der Waals surface area (Å²) in [5.41, 5.74) is 0.0789. The Labute approximate surface area is 115 Å². The summed E-state index contributed by atoms with van der Waals surface area (Å²) in [4.78, 5) is 25.3. The lowest BCUT2D eigenvalue weighted by molar-refractivity contribution is -0.133. The van der Waals surface area contributed by atoms with E-state index >= 15 is 0 Å². The summed E-state index contributed by atoms with van der Waals surface area (Å²) in [5.74, 6) is -1.21. The minimum absolute atomic E-state index is 0.0789. The molecule has 1 N–H and O–H groups in total. The second-order valence-electron chi connectivity index (χ2n) is 4.45. The number of halogens is 2. The predicted molar refractivity (Wildman–Crippen MR) is 70.6 cm³/mol. The number of piperazine rings is 1. The third-order valence-corrected chi connectivity index (χ3v) is 3.43. The molecule has 1 aliphatic heterocycles. The third-order valence-electron chi connectivity index (χ3n) is 3.20. The fourth-order valence-electron chi connectivity index (χ4n) is 2.11. The van der Waals surface area contributed by atoms with Crippen LogP contribution in [0, 0.1) is 5.82 Å². The lowest BCUT2D eigenvalue weighted by Crippen LogP contribution is -2.62. The van der Waals surface area contributed by atoms with Gasteiger partial charge in [0, 0.05) is 5.02 Å². The SMILES string of the molecule is CCC1NC(=O)C(C)N(c2ccc(Cl)cc2F)C1=O. The number of hydrogen-bond donors (Lipinski definition) is 1. The summed E-state index contributed by atoms with van der Waals surface area (Å²) in [6.07, 6.45) is 0.461. The van der Waals surface area contributed by atoms with E-state index in [1.54, 1.807) is 13.8 Å². The summed E-state index contributed by atoms with van der Waals surface area (Å²) in [7, 11) is 0. The van der Waals surface area contributed by atoms with Crippen LogP contribution in [0.15, 0.2) is 18.2 Å². The zero-order chi connectivity index (χ0) is 14.2. The number of rotatable bonds is 2. The molecule has 102 valence electrons. The van der Waals surface area contributed by atoms with Crippen molar-refractivity contribution in [2.75, 3.05) is 4.90 Å². The molecule has 0 bridgehead atoms. The Morgan fingerprint density at radius 1 is 1.42 bits per heavy atom. The lowest BCUT2D eigenvalue weighted by atomic mass is 10.1. The monoisotopic (exact) mass is 284 g/mol. The van der Waals surface area contributed by atoms with Crippen molar-refractivity contribution >= 4 is 29.1 Å². The van der Waals surface area contributed by atoms with Crippen LogP contribution >= 0.6 is 11.6 Å². The van der Waals surface area contributed by atoms with Gasteiger partial charge in [0.2, 0.25) is 11.8 Å². The summed E-state index contributed by atoms with van der Waals surface area (Å²) in [6.45, 7) is 3.35. The summed E-state index contributed by atoms with van der Waals surface area (Å²) in [5, 5.41) is 2.86. The van der Waals surface area contributed by atoms with E-state index in [1.807, 2.05) is 0 Å². The number of carbonyl (C=O) groups excluding carboxylic acids is 2. The quantitative estimate of drug-likeness (QED) is 0.904. The highest BCUT2D eigenvalue weighted by Crippen LogP contribution is 2.27. The van der Waals surface area contributed by atoms with Crippen LogP contribution in [0.2, 0.25) is 5.02 Å². The van der Waals surface area contributed by atoms with Crippen molar-refractivity contribution in [3.05, 3.63) is 29.0 Å². The number of benzene rings is 1. The van der Waals surface area contributed by atoms with Crippen molar-refractivity contribution in [2.45, 2.75) is 32.4 Å². The number of nitrogens with one attached hydrogen (secondary N) is 1. The Morgan fingerprint density at radius 2 is 2.11 bits per heavy atom. The zero-order valence-electron chi connectivity index (χ0n) is 10.6. The largest absolute Gasteiger partial charge is 0.343 e. The van der Waals surface area contributed by atoms with Crippen LogP contribution in [0.4, 0.5) is 10.1 Å². The van der Waals surface area contributed by atoms with Crippen molar-refractivity contribution < 1.29 is 14.0 Å². The second kappa shape index (κ2) is 5.17.